The molecule has 0 saturated heterocycles. The monoisotopic (exact) mass is 366 g/mol. The summed E-state index contributed by atoms with van der Waals surface area (Å²) in [5, 5.41) is 9.75. The van der Waals surface area contributed by atoms with Gasteiger partial charge in [-0.3, -0.25) is 4.40 Å². The van der Waals surface area contributed by atoms with Crippen molar-refractivity contribution in [2.45, 2.75) is 32.0 Å². The average Bonchev–Trinajstić information content (AvgIpc) is 3.18. The van der Waals surface area contributed by atoms with Crippen LogP contribution in [-0.2, 0) is 0 Å². The quantitative estimate of drug-likeness (QED) is 0.365. The van der Waals surface area contributed by atoms with Crippen molar-refractivity contribution >= 4 is 28.6 Å². The van der Waals surface area contributed by atoms with Gasteiger partial charge in [0.2, 0.25) is 5.78 Å². The summed E-state index contributed by atoms with van der Waals surface area (Å²) in [4.78, 5) is 0. The standard InChI is InChI=1S/C20H22N4OS/c1-14(2)23-17-6-4-5-7-18(17)24-19(23)21-22-20(24)26-13-12-25-16-10-8-15(3)9-11-16/h4-11,14H,12-13H2,1-3H3. The minimum atomic E-state index is 0.323. The van der Waals surface area contributed by atoms with Crippen LogP contribution < -0.4 is 4.74 Å². The fourth-order valence-corrected chi connectivity index (χ4v) is 3.88. The second kappa shape index (κ2) is 7.03. The average molecular weight is 366 g/mol. The van der Waals surface area contributed by atoms with Crippen molar-refractivity contribution in [1.29, 1.82) is 0 Å². The normalized spacial score (nSPS) is 11.7. The number of hydrogen-bond donors (Lipinski definition) is 0. The molecular formula is C20H22N4OS. The second-order valence-corrected chi connectivity index (χ2v) is 7.64. The smallest absolute Gasteiger partial charge is 0.237 e. The van der Waals surface area contributed by atoms with Gasteiger partial charge in [0.05, 0.1) is 17.6 Å². The largest absolute Gasteiger partial charge is 0.493 e. The van der Waals surface area contributed by atoms with E-state index in [-0.39, 0.29) is 0 Å². The van der Waals surface area contributed by atoms with Gasteiger partial charge in [-0.15, -0.1) is 10.2 Å². The number of fused-ring (bicyclic) bond motifs is 3. The summed E-state index contributed by atoms with van der Waals surface area (Å²) in [5.41, 5.74) is 3.56. The summed E-state index contributed by atoms with van der Waals surface area (Å²) in [6, 6.07) is 16.8. The van der Waals surface area contributed by atoms with Gasteiger partial charge >= 0.3 is 0 Å². The van der Waals surface area contributed by atoms with Gasteiger partial charge in [-0.1, -0.05) is 41.6 Å². The molecule has 2 aromatic carbocycles. The molecule has 0 radical (unpaired) electrons. The van der Waals surface area contributed by atoms with E-state index in [1.54, 1.807) is 11.8 Å². The number of imidazole rings is 1. The van der Waals surface area contributed by atoms with Crippen molar-refractivity contribution in [2.24, 2.45) is 0 Å². The van der Waals surface area contributed by atoms with Crippen LogP contribution in [0.4, 0.5) is 0 Å². The Morgan fingerprint density at radius 1 is 1.00 bits per heavy atom. The number of aromatic nitrogens is 4. The molecule has 0 unspecified atom stereocenters. The first-order chi connectivity index (χ1) is 12.6. The fraction of sp³-hybridized carbons (Fsp3) is 0.300. The van der Waals surface area contributed by atoms with E-state index in [9.17, 15) is 0 Å². The lowest BCUT2D eigenvalue weighted by Crippen LogP contribution is -2.01. The number of rotatable bonds is 6. The summed E-state index contributed by atoms with van der Waals surface area (Å²) in [5.74, 6) is 2.61. The van der Waals surface area contributed by atoms with Gasteiger partial charge < -0.3 is 9.30 Å². The van der Waals surface area contributed by atoms with E-state index in [1.165, 1.54) is 11.1 Å². The van der Waals surface area contributed by atoms with E-state index < -0.39 is 0 Å². The van der Waals surface area contributed by atoms with Gasteiger partial charge in [0.1, 0.15) is 5.75 Å². The van der Waals surface area contributed by atoms with Gasteiger partial charge in [0, 0.05) is 11.8 Å². The lowest BCUT2D eigenvalue weighted by molar-refractivity contribution is 0.344. The maximum Gasteiger partial charge on any atom is 0.237 e. The SMILES string of the molecule is Cc1ccc(OCCSc2nnc3n(C(C)C)c4ccccc4n23)cc1. The van der Waals surface area contributed by atoms with Crippen LogP contribution in [0.15, 0.2) is 53.7 Å². The first-order valence-electron chi connectivity index (χ1n) is 8.81. The van der Waals surface area contributed by atoms with Gasteiger partial charge in [-0.2, -0.15) is 0 Å². The van der Waals surface area contributed by atoms with Crippen molar-refractivity contribution in [2.75, 3.05) is 12.4 Å². The van der Waals surface area contributed by atoms with Crippen molar-refractivity contribution in [1.82, 2.24) is 19.2 Å². The topological polar surface area (TPSA) is 44.4 Å². The summed E-state index contributed by atoms with van der Waals surface area (Å²) < 4.78 is 10.2. The van der Waals surface area contributed by atoms with E-state index in [0.717, 1.165) is 28.0 Å². The molecule has 0 saturated carbocycles. The van der Waals surface area contributed by atoms with Crippen LogP contribution in [0.3, 0.4) is 0 Å². The van der Waals surface area contributed by atoms with Crippen LogP contribution in [0.25, 0.3) is 16.8 Å². The highest BCUT2D eigenvalue weighted by atomic mass is 32.2. The first kappa shape index (κ1) is 17.0. The van der Waals surface area contributed by atoms with Gasteiger partial charge in [0.15, 0.2) is 5.16 Å². The minimum absolute atomic E-state index is 0.323. The summed E-state index contributed by atoms with van der Waals surface area (Å²) in [7, 11) is 0. The predicted molar refractivity (Wildman–Crippen MR) is 106 cm³/mol. The lowest BCUT2D eigenvalue weighted by atomic mass is 10.2. The molecule has 0 aliphatic heterocycles. The molecular weight excluding hydrogens is 344 g/mol. The first-order valence-corrected chi connectivity index (χ1v) is 9.80. The molecule has 2 aromatic heterocycles. The second-order valence-electron chi connectivity index (χ2n) is 6.58. The Hall–Kier alpha value is -2.47. The predicted octanol–water partition coefficient (Wildman–Crippen LogP) is 4.74. The Bertz CT molecular complexity index is 1030. The zero-order valence-electron chi connectivity index (χ0n) is 15.2. The highest BCUT2D eigenvalue weighted by molar-refractivity contribution is 7.99. The van der Waals surface area contributed by atoms with E-state index in [4.69, 9.17) is 4.74 Å². The minimum Gasteiger partial charge on any atom is -0.493 e. The third-order valence-corrected chi connectivity index (χ3v) is 5.23. The molecule has 134 valence electrons. The van der Waals surface area contributed by atoms with Crippen LogP contribution >= 0.6 is 11.8 Å². The van der Waals surface area contributed by atoms with Gasteiger partial charge in [0.25, 0.3) is 0 Å². The Kier molecular flexibility index (Phi) is 4.59. The number of nitrogens with zero attached hydrogens (tertiary/aromatic N) is 4. The molecule has 0 amide bonds. The van der Waals surface area contributed by atoms with Crippen LogP contribution in [0, 0.1) is 6.92 Å². The van der Waals surface area contributed by atoms with E-state index in [1.807, 2.05) is 12.1 Å². The van der Waals surface area contributed by atoms with E-state index in [0.29, 0.717) is 12.6 Å². The zero-order valence-corrected chi connectivity index (χ0v) is 16.0. The van der Waals surface area contributed by atoms with Crippen molar-refractivity contribution in [3.63, 3.8) is 0 Å². The maximum atomic E-state index is 5.82. The third kappa shape index (κ3) is 3.05. The number of aryl methyl sites for hydroxylation is 1. The van der Waals surface area contributed by atoms with Crippen LogP contribution in [-0.4, -0.2) is 31.5 Å². The molecule has 5 nitrogen and oxygen atoms in total. The molecule has 6 heteroatoms. The highest BCUT2D eigenvalue weighted by Crippen LogP contribution is 2.28. The number of benzene rings is 2. The molecule has 0 spiro atoms. The van der Waals surface area contributed by atoms with Gasteiger partial charge in [-0.25, -0.2) is 0 Å². The Labute approximate surface area is 157 Å². The van der Waals surface area contributed by atoms with Crippen LogP contribution in [0.1, 0.15) is 25.5 Å². The van der Waals surface area contributed by atoms with Crippen LogP contribution in [0.2, 0.25) is 0 Å². The zero-order chi connectivity index (χ0) is 18.1. The van der Waals surface area contributed by atoms with Crippen molar-refractivity contribution < 1.29 is 4.74 Å². The fourth-order valence-electron chi connectivity index (χ4n) is 3.12. The molecule has 4 aromatic rings. The molecule has 0 atom stereocenters. The van der Waals surface area contributed by atoms with Crippen LogP contribution in [0.5, 0.6) is 5.75 Å². The summed E-state index contributed by atoms with van der Waals surface area (Å²) >= 11 is 1.67. The molecule has 0 aliphatic rings. The summed E-state index contributed by atoms with van der Waals surface area (Å²) in [6.07, 6.45) is 0. The van der Waals surface area contributed by atoms with E-state index >= 15 is 0 Å². The molecule has 0 bridgehead atoms. The highest BCUT2D eigenvalue weighted by Gasteiger charge is 2.18. The van der Waals surface area contributed by atoms with Crippen molar-refractivity contribution in [3.05, 3.63) is 54.1 Å². The molecule has 0 aliphatic carbocycles. The molecule has 0 N–H and O–H groups in total. The molecule has 26 heavy (non-hydrogen) atoms. The lowest BCUT2D eigenvalue weighted by Gasteiger charge is -2.07. The molecule has 2 heterocycles. The number of ether oxygens (including phenoxy) is 1. The maximum absolute atomic E-state index is 5.82. The Balaban J connectivity index is 1.54. The number of para-hydroxylation sites is 2. The third-order valence-electron chi connectivity index (χ3n) is 4.33. The van der Waals surface area contributed by atoms with E-state index in [2.05, 4.69) is 76.3 Å². The number of hydrogen-bond acceptors (Lipinski definition) is 4. The van der Waals surface area contributed by atoms with Crippen molar-refractivity contribution in [3.8, 4) is 5.75 Å². The summed E-state index contributed by atoms with van der Waals surface area (Å²) in [6.45, 7) is 7.04. The molecule has 4 rings (SSSR count). The number of thioether (sulfide) groups is 1. The van der Waals surface area contributed by atoms with Gasteiger partial charge in [-0.05, 0) is 45.0 Å². The Morgan fingerprint density at radius 3 is 2.46 bits per heavy atom. The Morgan fingerprint density at radius 2 is 1.73 bits per heavy atom. The molecule has 0 fully saturated rings.